The predicted molar refractivity (Wildman–Crippen MR) is 75.0 cm³/mol. The minimum absolute atomic E-state index is 0.191. The van der Waals surface area contributed by atoms with E-state index in [2.05, 4.69) is 0 Å². The Morgan fingerprint density at radius 2 is 1.75 bits per heavy atom. The van der Waals surface area contributed by atoms with Crippen LogP contribution in [0.2, 0.25) is 0 Å². The molecule has 2 aromatic rings. The highest BCUT2D eigenvalue weighted by Gasteiger charge is 2.17. The van der Waals surface area contributed by atoms with Gasteiger partial charge in [0.05, 0.1) is 29.4 Å². The fraction of sp³-hybridized carbons (Fsp3) is 0.133. The van der Waals surface area contributed by atoms with Crippen LogP contribution >= 0.6 is 0 Å². The van der Waals surface area contributed by atoms with Crippen LogP contribution in [0, 0.1) is 11.3 Å². The molecule has 0 N–H and O–H groups in total. The van der Waals surface area contributed by atoms with Crippen molar-refractivity contribution < 1.29 is 13.2 Å². The number of methoxy groups -OCH3 is 1. The van der Waals surface area contributed by atoms with Crippen molar-refractivity contribution in [3.05, 3.63) is 59.7 Å². The lowest BCUT2D eigenvalue weighted by atomic mass is 10.1. The van der Waals surface area contributed by atoms with Gasteiger partial charge in [-0.3, -0.25) is 0 Å². The summed E-state index contributed by atoms with van der Waals surface area (Å²) >= 11 is 0. The molecule has 0 aromatic heterocycles. The van der Waals surface area contributed by atoms with Crippen molar-refractivity contribution in [2.24, 2.45) is 0 Å². The van der Waals surface area contributed by atoms with Crippen molar-refractivity contribution in [2.45, 2.75) is 10.6 Å². The topological polar surface area (TPSA) is 67.2 Å². The number of nitrogens with zero attached hydrogens (tertiary/aromatic N) is 1. The first-order valence-corrected chi connectivity index (χ1v) is 7.57. The zero-order chi connectivity index (χ0) is 14.6. The largest absolute Gasteiger partial charge is 0.497 e. The van der Waals surface area contributed by atoms with E-state index < -0.39 is 9.84 Å². The molecule has 0 amide bonds. The van der Waals surface area contributed by atoms with Crippen LogP contribution in [0.25, 0.3) is 0 Å². The van der Waals surface area contributed by atoms with Crippen LogP contribution in [-0.4, -0.2) is 15.5 Å². The van der Waals surface area contributed by atoms with Gasteiger partial charge < -0.3 is 4.74 Å². The normalized spacial score (nSPS) is 10.8. The average Bonchev–Trinajstić information content (AvgIpc) is 2.47. The molecule has 0 heterocycles. The Morgan fingerprint density at radius 1 is 1.10 bits per heavy atom. The Morgan fingerprint density at radius 3 is 2.35 bits per heavy atom. The maximum atomic E-state index is 12.3. The maximum absolute atomic E-state index is 12.3. The molecule has 0 bridgehead atoms. The number of nitriles is 1. The molecule has 102 valence electrons. The Bertz CT molecular complexity index is 743. The van der Waals surface area contributed by atoms with E-state index in [1.54, 1.807) is 36.4 Å². The quantitative estimate of drug-likeness (QED) is 0.866. The van der Waals surface area contributed by atoms with Crippen LogP contribution in [0.4, 0.5) is 0 Å². The minimum Gasteiger partial charge on any atom is -0.497 e. The summed E-state index contributed by atoms with van der Waals surface area (Å²) in [5.74, 6) is 0.407. The zero-order valence-electron chi connectivity index (χ0n) is 10.9. The van der Waals surface area contributed by atoms with Gasteiger partial charge in [-0.2, -0.15) is 5.26 Å². The van der Waals surface area contributed by atoms with Gasteiger partial charge in [-0.25, -0.2) is 8.42 Å². The van der Waals surface area contributed by atoms with Crippen molar-refractivity contribution >= 4 is 9.84 Å². The number of hydrogen-bond acceptors (Lipinski definition) is 4. The van der Waals surface area contributed by atoms with E-state index in [-0.39, 0.29) is 10.6 Å². The van der Waals surface area contributed by atoms with Crippen LogP contribution in [0.1, 0.15) is 11.1 Å². The zero-order valence-corrected chi connectivity index (χ0v) is 11.7. The molecule has 0 saturated heterocycles. The summed E-state index contributed by atoms with van der Waals surface area (Å²) in [6.07, 6.45) is 0. The summed E-state index contributed by atoms with van der Waals surface area (Å²) in [6.45, 7) is 0. The Kier molecular flexibility index (Phi) is 4.06. The van der Waals surface area contributed by atoms with Gasteiger partial charge in [-0.15, -0.1) is 0 Å². The third kappa shape index (κ3) is 2.98. The van der Waals surface area contributed by atoms with Gasteiger partial charge in [0.25, 0.3) is 0 Å². The summed E-state index contributed by atoms with van der Waals surface area (Å²) in [5.41, 5.74) is 0.885. The highest BCUT2D eigenvalue weighted by molar-refractivity contribution is 7.90. The second-order valence-electron chi connectivity index (χ2n) is 4.20. The third-order valence-electron chi connectivity index (χ3n) is 2.90. The lowest BCUT2D eigenvalue weighted by Gasteiger charge is -2.07. The van der Waals surface area contributed by atoms with Gasteiger partial charge in [0, 0.05) is 0 Å². The van der Waals surface area contributed by atoms with Gasteiger partial charge in [-0.1, -0.05) is 18.2 Å². The first-order valence-electron chi connectivity index (χ1n) is 5.91. The van der Waals surface area contributed by atoms with Crippen LogP contribution in [0.5, 0.6) is 5.75 Å². The van der Waals surface area contributed by atoms with Crippen molar-refractivity contribution in [3.8, 4) is 11.8 Å². The van der Waals surface area contributed by atoms with Gasteiger partial charge in [0.15, 0.2) is 9.84 Å². The number of sulfone groups is 1. The average molecular weight is 287 g/mol. The molecule has 0 aliphatic rings. The molecule has 0 aliphatic heterocycles. The van der Waals surface area contributed by atoms with Crippen LogP contribution in [-0.2, 0) is 15.6 Å². The molecule has 0 radical (unpaired) electrons. The molecule has 0 unspecified atom stereocenters. The standard InChI is InChI=1S/C15H13NO3S/c1-19-14-6-8-15(9-7-14)20(17,18)11-13-5-3-2-4-12(13)10-16/h2-9H,11H2,1H3. The van der Waals surface area contributed by atoms with Crippen LogP contribution < -0.4 is 4.74 Å². The summed E-state index contributed by atoms with van der Waals surface area (Å²) in [4.78, 5) is 0.214. The van der Waals surface area contributed by atoms with Crippen LogP contribution in [0.15, 0.2) is 53.4 Å². The highest BCUT2D eigenvalue weighted by Crippen LogP contribution is 2.21. The molecule has 0 aliphatic carbocycles. The first kappa shape index (κ1) is 14.1. The molecule has 0 spiro atoms. The van der Waals surface area contributed by atoms with E-state index in [9.17, 15) is 8.42 Å². The molecule has 2 aromatic carbocycles. The minimum atomic E-state index is -3.48. The molecule has 5 heteroatoms. The first-order chi connectivity index (χ1) is 9.56. The molecular weight excluding hydrogens is 274 g/mol. The monoisotopic (exact) mass is 287 g/mol. The molecule has 4 nitrogen and oxygen atoms in total. The van der Waals surface area contributed by atoms with E-state index in [4.69, 9.17) is 10.00 Å². The maximum Gasteiger partial charge on any atom is 0.182 e. The molecule has 0 atom stereocenters. The van der Waals surface area contributed by atoms with Gasteiger partial charge in [0.1, 0.15) is 5.75 Å². The fourth-order valence-corrected chi connectivity index (χ4v) is 3.20. The second kappa shape index (κ2) is 5.76. The molecule has 20 heavy (non-hydrogen) atoms. The second-order valence-corrected chi connectivity index (χ2v) is 6.19. The van der Waals surface area contributed by atoms with Crippen molar-refractivity contribution in [1.29, 1.82) is 5.26 Å². The Hall–Kier alpha value is -2.32. The molecule has 0 saturated carbocycles. The molecular formula is C15H13NO3S. The third-order valence-corrected chi connectivity index (χ3v) is 4.58. The molecule has 0 fully saturated rings. The number of ether oxygens (including phenoxy) is 1. The van der Waals surface area contributed by atoms with Gasteiger partial charge in [0.2, 0.25) is 0 Å². The lowest BCUT2D eigenvalue weighted by Crippen LogP contribution is -2.06. The summed E-state index contributed by atoms with van der Waals surface area (Å²) in [7, 11) is -1.96. The summed E-state index contributed by atoms with van der Waals surface area (Å²) in [5, 5.41) is 8.99. The highest BCUT2D eigenvalue weighted by atomic mass is 32.2. The van der Waals surface area contributed by atoms with E-state index in [0.717, 1.165) is 0 Å². The van der Waals surface area contributed by atoms with Crippen molar-refractivity contribution in [3.63, 3.8) is 0 Å². The number of benzene rings is 2. The van der Waals surface area contributed by atoms with E-state index in [1.807, 2.05) is 6.07 Å². The van der Waals surface area contributed by atoms with E-state index in [1.165, 1.54) is 19.2 Å². The summed E-state index contributed by atoms with van der Waals surface area (Å²) < 4.78 is 29.6. The molecule has 2 rings (SSSR count). The fourth-order valence-electron chi connectivity index (χ4n) is 1.83. The smallest absolute Gasteiger partial charge is 0.182 e. The van der Waals surface area contributed by atoms with Gasteiger partial charge in [-0.05, 0) is 35.9 Å². The van der Waals surface area contributed by atoms with Gasteiger partial charge >= 0.3 is 0 Å². The van der Waals surface area contributed by atoms with Crippen LogP contribution in [0.3, 0.4) is 0 Å². The van der Waals surface area contributed by atoms with E-state index in [0.29, 0.717) is 16.9 Å². The predicted octanol–water partition coefficient (Wildman–Crippen LogP) is 2.54. The number of rotatable bonds is 4. The number of hydrogen-bond donors (Lipinski definition) is 0. The Labute approximate surface area is 118 Å². The van der Waals surface area contributed by atoms with Crippen molar-refractivity contribution in [1.82, 2.24) is 0 Å². The SMILES string of the molecule is COc1ccc(S(=O)(=O)Cc2ccccc2C#N)cc1. The Balaban J connectivity index is 2.33. The summed E-state index contributed by atoms with van der Waals surface area (Å²) in [6, 6.07) is 14.9. The lowest BCUT2D eigenvalue weighted by molar-refractivity contribution is 0.414. The van der Waals surface area contributed by atoms with Crippen molar-refractivity contribution in [2.75, 3.05) is 7.11 Å². The van der Waals surface area contributed by atoms with E-state index >= 15 is 0 Å².